The van der Waals surface area contributed by atoms with Crippen LogP contribution in [0.1, 0.15) is 32.6 Å². The van der Waals surface area contributed by atoms with Gasteiger partial charge in [0.05, 0.1) is 99.1 Å². The first kappa shape index (κ1) is 63.8. The van der Waals surface area contributed by atoms with Crippen molar-refractivity contribution >= 4 is 41.4 Å². The van der Waals surface area contributed by atoms with Gasteiger partial charge in [0.2, 0.25) is 35.4 Å². The molecule has 26 nitrogen and oxygen atoms in total. The number of carbonyl (C=O) groups is 7. The Balaban J connectivity index is 3.42. The molecule has 0 aromatic carbocycles. The van der Waals surface area contributed by atoms with E-state index in [1.807, 2.05) is 6.92 Å². The summed E-state index contributed by atoms with van der Waals surface area (Å²) in [6.07, 6.45) is 2.65. The number of unbranched alkanes of at least 4 members (excludes halogenated alkanes) is 1. The first-order valence-corrected chi connectivity index (χ1v) is 22.9. The van der Waals surface area contributed by atoms with Crippen LogP contribution in [0.15, 0.2) is 0 Å². The lowest BCUT2D eigenvalue weighted by molar-refractivity contribution is -0.139. The van der Waals surface area contributed by atoms with Crippen LogP contribution in [0, 0.1) is 0 Å². The minimum Gasteiger partial charge on any atom is -0.480 e. The maximum atomic E-state index is 11.9. The lowest BCUT2D eigenvalue weighted by Gasteiger charge is -2.11. The first-order chi connectivity index (χ1) is 33.1. The molecule has 396 valence electrons. The molecule has 0 spiro atoms. The number of carboxylic acid groups (broad SMARTS) is 1. The van der Waals surface area contributed by atoms with Gasteiger partial charge in [-0.25, -0.2) is 0 Å². The van der Waals surface area contributed by atoms with Gasteiger partial charge in [0, 0.05) is 45.9 Å². The highest BCUT2D eigenvalue weighted by Gasteiger charge is 2.14. The summed E-state index contributed by atoms with van der Waals surface area (Å²) in [5.74, 6) is -2.61. The van der Waals surface area contributed by atoms with Crippen molar-refractivity contribution in [3.05, 3.63) is 0 Å². The predicted octanol–water partition coefficient (Wildman–Crippen LogP) is -3.88. The second-order valence-corrected chi connectivity index (χ2v) is 14.2. The fourth-order valence-electron chi connectivity index (χ4n) is 4.94. The normalized spacial score (nSPS) is 11.4. The lowest BCUT2D eigenvalue weighted by Crippen LogP contribution is -2.34. The molecule has 0 aliphatic heterocycles. The molecule has 0 aliphatic rings. The van der Waals surface area contributed by atoms with E-state index in [0.29, 0.717) is 45.6 Å². The zero-order valence-electron chi connectivity index (χ0n) is 40.0. The van der Waals surface area contributed by atoms with E-state index >= 15 is 0 Å². The van der Waals surface area contributed by atoms with Crippen LogP contribution >= 0.6 is 0 Å². The molecular formula is C42H79N7O19. The number of amides is 6. The number of likely N-dealkylation sites (N-methyl/N-ethyl adjacent to an activating group) is 1. The van der Waals surface area contributed by atoms with Crippen LogP contribution in [0.4, 0.5) is 0 Å². The van der Waals surface area contributed by atoms with Crippen LogP contribution in [0.2, 0.25) is 0 Å². The Morgan fingerprint density at radius 3 is 0.853 bits per heavy atom. The molecule has 0 saturated carbocycles. The zero-order valence-corrected chi connectivity index (χ0v) is 40.0. The van der Waals surface area contributed by atoms with Crippen LogP contribution in [0.5, 0.6) is 0 Å². The third kappa shape index (κ3) is 46.9. The summed E-state index contributed by atoms with van der Waals surface area (Å²) in [5.41, 5.74) is 0. The Morgan fingerprint density at radius 1 is 0.353 bits per heavy atom. The summed E-state index contributed by atoms with van der Waals surface area (Å²) in [6.45, 7) is 7.30. The average Bonchev–Trinajstić information content (AvgIpc) is 3.31. The number of ether oxygens (including phenoxy) is 11. The summed E-state index contributed by atoms with van der Waals surface area (Å²) in [6, 6.07) is -0.595. The molecule has 0 heterocycles. The summed E-state index contributed by atoms with van der Waals surface area (Å²) in [5, 5.41) is 27.7. The smallest absolute Gasteiger partial charge is 0.320 e. The van der Waals surface area contributed by atoms with Gasteiger partial charge in [-0.2, -0.15) is 0 Å². The van der Waals surface area contributed by atoms with E-state index in [2.05, 4.69) is 37.2 Å². The number of aliphatic carboxylic acids is 1. The molecule has 1 unspecified atom stereocenters. The number of rotatable bonds is 51. The highest BCUT2D eigenvalue weighted by molar-refractivity contribution is 5.79. The molecule has 0 aromatic rings. The van der Waals surface area contributed by atoms with Gasteiger partial charge in [0.1, 0.15) is 45.7 Å². The Bertz CT molecular complexity index is 1310. The van der Waals surface area contributed by atoms with Crippen molar-refractivity contribution in [3.8, 4) is 0 Å². The van der Waals surface area contributed by atoms with Crippen LogP contribution in [-0.2, 0) is 85.7 Å². The van der Waals surface area contributed by atoms with E-state index in [1.165, 1.54) is 0 Å². The largest absolute Gasteiger partial charge is 0.480 e. The minimum absolute atomic E-state index is 0.0289. The summed E-state index contributed by atoms with van der Waals surface area (Å²) in [7, 11) is 1.60. The summed E-state index contributed by atoms with van der Waals surface area (Å²) >= 11 is 0. The first-order valence-electron chi connectivity index (χ1n) is 22.9. The van der Waals surface area contributed by atoms with E-state index in [-0.39, 0.29) is 194 Å². The number of carbonyl (C=O) groups excluding carboxylic acids is 6. The molecule has 68 heavy (non-hydrogen) atoms. The van der Waals surface area contributed by atoms with Crippen molar-refractivity contribution in [3.63, 3.8) is 0 Å². The van der Waals surface area contributed by atoms with Gasteiger partial charge in [-0.05, 0) is 32.7 Å². The van der Waals surface area contributed by atoms with Gasteiger partial charge in [-0.1, -0.05) is 6.92 Å². The maximum absolute atomic E-state index is 11.9. The molecule has 0 aromatic heterocycles. The van der Waals surface area contributed by atoms with Crippen LogP contribution in [-0.4, -0.2) is 244 Å². The van der Waals surface area contributed by atoms with Crippen molar-refractivity contribution in [1.29, 1.82) is 0 Å². The zero-order chi connectivity index (χ0) is 50.0. The monoisotopic (exact) mass is 986 g/mol. The molecule has 8 N–H and O–H groups in total. The fraction of sp³-hybridized carbons (Fsp3) is 0.833. The van der Waals surface area contributed by atoms with E-state index < -0.39 is 12.0 Å². The van der Waals surface area contributed by atoms with Crippen molar-refractivity contribution in [2.75, 3.05) is 192 Å². The molecule has 0 radical (unpaired) electrons. The van der Waals surface area contributed by atoms with Gasteiger partial charge in [-0.15, -0.1) is 0 Å². The van der Waals surface area contributed by atoms with E-state index in [4.69, 9.17) is 57.2 Å². The van der Waals surface area contributed by atoms with Gasteiger partial charge < -0.3 is 94.4 Å². The van der Waals surface area contributed by atoms with Gasteiger partial charge in [0.15, 0.2) is 0 Å². The average molecular weight is 986 g/mol. The number of hydrogen-bond acceptors (Lipinski definition) is 19. The van der Waals surface area contributed by atoms with Gasteiger partial charge in [-0.3, -0.25) is 33.6 Å². The Morgan fingerprint density at radius 2 is 0.603 bits per heavy atom. The fourth-order valence-corrected chi connectivity index (χ4v) is 4.94. The molecule has 0 fully saturated rings. The Kier molecular flexibility index (Phi) is 46.2. The van der Waals surface area contributed by atoms with Gasteiger partial charge in [0.25, 0.3) is 0 Å². The Hall–Kier alpha value is -4.19. The number of nitrogens with one attached hydrogen (secondary N) is 7. The molecular weight excluding hydrogens is 906 g/mol. The molecule has 1 atom stereocenters. The molecule has 26 heteroatoms. The molecule has 0 saturated heterocycles. The number of carboxylic acids is 1. The van der Waals surface area contributed by atoms with Crippen molar-refractivity contribution in [1.82, 2.24) is 37.2 Å². The van der Waals surface area contributed by atoms with Crippen molar-refractivity contribution in [2.45, 2.75) is 38.6 Å². The Labute approximate surface area is 399 Å². The molecule has 0 aliphatic carbocycles. The molecule has 6 amide bonds. The van der Waals surface area contributed by atoms with E-state index in [9.17, 15) is 33.6 Å². The van der Waals surface area contributed by atoms with Crippen molar-refractivity contribution in [2.24, 2.45) is 0 Å². The van der Waals surface area contributed by atoms with E-state index in [1.54, 1.807) is 7.05 Å². The number of hydrogen-bond donors (Lipinski definition) is 8. The third-order valence-electron chi connectivity index (χ3n) is 8.34. The minimum atomic E-state index is -0.898. The SMILES string of the molecule is CCCOCC(=O)NCCOCCOCC(=O)NCCOCCOCC(=O)NCCOCCOCC(=O)NCCOCCOCC(=O)NCCOCCOCC(=O)NCCCCC(NC)C(=O)O. The third-order valence-corrected chi connectivity index (χ3v) is 8.34. The predicted molar refractivity (Wildman–Crippen MR) is 242 cm³/mol. The highest BCUT2D eigenvalue weighted by Crippen LogP contribution is 2.00. The van der Waals surface area contributed by atoms with Crippen LogP contribution < -0.4 is 37.2 Å². The second-order valence-electron chi connectivity index (χ2n) is 14.2. The standard InChI is InChI=1S/C42H79N7O19/c1-3-13-63-29-37(51)45-8-14-58-20-25-65-31-39(53)47-10-16-60-22-27-67-33-41(55)49-12-18-62-23-28-68-34-40(54)48-11-17-61-21-26-66-32-38(52)46-9-15-59-19-24-64-30-36(50)44-7-5-4-6-35(43-2)42(56)57/h35,43H,3-34H2,1-2H3,(H,44,50)(H,45,51)(H,46,52)(H,47,53)(H,48,54)(H,49,55)(H,56,57). The summed E-state index contributed by atoms with van der Waals surface area (Å²) < 4.78 is 58.3. The molecule has 0 bridgehead atoms. The van der Waals surface area contributed by atoms with Gasteiger partial charge >= 0.3 is 5.97 Å². The van der Waals surface area contributed by atoms with Crippen LogP contribution in [0.25, 0.3) is 0 Å². The molecule has 0 rings (SSSR count). The van der Waals surface area contributed by atoms with E-state index in [0.717, 1.165) is 6.42 Å². The lowest BCUT2D eigenvalue weighted by atomic mass is 10.1. The quantitative estimate of drug-likeness (QED) is 0.0270. The van der Waals surface area contributed by atoms with Crippen molar-refractivity contribution < 1.29 is 90.8 Å². The maximum Gasteiger partial charge on any atom is 0.320 e. The van der Waals surface area contributed by atoms with Crippen LogP contribution in [0.3, 0.4) is 0 Å². The summed E-state index contributed by atoms with van der Waals surface area (Å²) in [4.78, 5) is 81.7. The second kappa shape index (κ2) is 49.2. The topological polar surface area (TPSA) is 325 Å². The highest BCUT2D eigenvalue weighted by atomic mass is 16.5.